The maximum absolute atomic E-state index is 12.4. The normalized spacial score (nSPS) is 10.3. The van der Waals surface area contributed by atoms with E-state index in [-0.39, 0.29) is 17.8 Å². The highest BCUT2D eigenvalue weighted by molar-refractivity contribution is 6.02. The number of nitrogens with two attached hydrogens (primary N) is 1. The minimum atomic E-state index is -0.663. The molecule has 0 aliphatic rings. The van der Waals surface area contributed by atoms with Crippen LogP contribution in [0.4, 0.5) is 5.69 Å². The quantitative estimate of drug-likeness (QED) is 0.677. The van der Waals surface area contributed by atoms with E-state index in [1.54, 1.807) is 43.5 Å². The number of nitrogens with one attached hydrogen (secondary N) is 1. The first-order valence-corrected chi connectivity index (χ1v) is 8.40. The van der Waals surface area contributed by atoms with Gasteiger partial charge in [-0.25, -0.2) is 4.68 Å². The smallest absolute Gasteiger partial charge is 0.267 e. The van der Waals surface area contributed by atoms with Crippen LogP contribution in [-0.2, 0) is 11.3 Å². The number of ether oxygens (including phenoxy) is 1. The number of amides is 2. The van der Waals surface area contributed by atoms with Crippen LogP contribution in [0.5, 0.6) is 5.75 Å². The van der Waals surface area contributed by atoms with Crippen molar-refractivity contribution in [2.45, 2.75) is 6.54 Å². The molecule has 3 N–H and O–H groups in total. The van der Waals surface area contributed by atoms with E-state index in [1.165, 1.54) is 12.1 Å². The van der Waals surface area contributed by atoms with E-state index < -0.39 is 17.4 Å². The molecular weight excluding hydrogens is 360 g/mol. The average Bonchev–Trinajstić information content (AvgIpc) is 2.70. The zero-order chi connectivity index (χ0) is 20.1. The second kappa shape index (κ2) is 8.17. The van der Waals surface area contributed by atoms with Gasteiger partial charge in [-0.15, -0.1) is 0 Å². The van der Waals surface area contributed by atoms with Gasteiger partial charge in [-0.1, -0.05) is 24.3 Å². The Morgan fingerprint density at radius 2 is 1.79 bits per heavy atom. The van der Waals surface area contributed by atoms with Crippen LogP contribution in [0, 0.1) is 0 Å². The number of primary amides is 1. The lowest BCUT2D eigenvalue weighted by molar-refractivity contribution is -0.117. The molecule has 8 heteroatoms. The molecule has 0 aliphatic heterocycles. The third kappa shape index (κ3) is 4.07. The number of rotatable bonds is 6. The van der Waals surface area contributed by atoms with Gasteiger partial charge in [0.1, 0.15) is 12.3 Å². The average molecular weight is 378 g/mol. The fourth-order valence-corrected chi connectivity index (χ4v) is 2.69. The highest BCUT2D eigenvalue weighted by atomic mass is 16.5. The molecule has 2 aromatic carbocycles. The molecule has 0 saturated heterocycles. The highest BCUT2D eigenvalue weighted by Gasteiger charge is 2.13. The first-order chi connectivity index (χ1) is 13.5. The summed E-state index contributed by atoms with van der Waals surface area (Å²) in [5.74, 6) is -0.579. The van der Waals surface area contributed by atoms with Crippen molar-refractivity contribution in [2.75, 3.05) is 12.4 Å². The number of carbonyl (C=O) groups is 2. The Morgan fingerprint density at radius 3 is 2.54 bits per heavy atom. The van der Waals surface area contributed by atoms with Gasteiger partial charge in [-0.05, 0) is 30.3 Å². The van der Waals surface area contributed by atoms with Crippen LogP contribution in [0.3, 0.4) is 0 Å². The predicted octanol–water partition coefficient (Wildman–Crippen LogP) is 1.66. The van der Waals surface area contributed by atoms with Gasteiger partial charge in [-0.2, -0.15) is 5.10 Å². The molecule has 0 spiro atoms. The monoisotopic (exact) mass is 378 g/mol. The molecule has 0 bridgehead atoms. The van der Waals surface area contributed by atoms with Crippen LogP contribution >= 0.6 is 0 Å². The summed E-state index contributed by atoms with van der Waals surface area (Å²) in [5, 5.41) is 6.85. The van der Waals surface area contributed by atoms with Gasteiger partial charge in [0.25, 0.3) is 11.5 Å². The van der Waals surface area contributed by atoms with E-state index in [9.17, 15) is 14.4 Å². The Balaban J connectivity index is 1.86. The Morgan fingerprint density at radius 1 is 1.07 bits per heavy atom. The second-order valence-electron chi connectivity index (χ2n) is 5.87. The van der Waals surface area contributed by atoms with Gasteiger partial charge in [0.05, 0.1) is 24.1 Å². The lowest BCUT2D eigenvalue weighted by Crippen LogP contribution is -2.30. The largest absolute Gasteiger partial charge is 0.496 e. The molecule has 0 saturated carbocycles. The number of para-hydroxylation sites is 2. The lowest BCUT2D eigenvalue weighted by atomic mass is 10.1. The van der Waals surface area contributed by atoms with Crippen molar-refractivity contribution < 1.29 is 14.3 Å². The minimum absolute atomic E-state index is 0.180. The molecule has 2 amide bonds. The number of hydrogen-bond donors (Lipinski definition) is 2. The van der Waals surface area contributed by atoms with Crippen LogP contribution < -0.4 is 21.3 Å². The van der Waals surface area contributed by atoms with E-state index >= 15 is 0 Å². The fourth-order valence-electron chi connectivity index (χ4n) is 2.69. The summed E-state index contributed by atoms with van der Waals surface area (Å²) < 4.78 is 6.36. The van der Waals surface area contributed by atoms with E-state index in [1.807, 2.05) is 12.1 Å². The lowest BCUT2D eigenvalue weighted by Gasteiger charge is -2.11. The number of anilines is 1. The van der Waals surface area contributed by atoms with Gasteiger partial charge in [-0.3, -0.25) is 14.4 Å². The van der Waals surface area contributed by atoms with E-state index in [2.05, 4.69) is 10.4 Å². The SMILES string of the molecule is COc1ccccc1-c1ccc(=O)n(CC(=O)Nc2ccccc2C(N)=O)n1. The topological polar surface area (TPSA) is 116 Å². The second-order valence-corrected chi connectivity index (χ2v) is 5.87. The molecular formula is C20H18N4O4. The van der Waals surface area contributed by atoms with Gasteiger partial charge < -0.3 is 15.8 Å². The van der Waals surface area contributed by atoms with Crippen molar-refractivity contribution in [1.82, 2.24) is 9.78 Å². The molecule has 142 valence electrons. The van der Waals surface area contributed by atoms with Crippen LogP contribution in [0.1, 0.15) is 10.4 Å². The van der Waals surface area contributed by atoms with Gasteiger partial charge >= 0.3 is 0 Å². The van der Waals surface area contributed by atoms with Crippen LogP contribution in [0.15, 0.2) is 65.5 Å². The molecule has 1 heterocycles. The van der Waals surface area contributed by atoms with E-state index in [0.29, 0.717) is 17.0 Å². The number of methoxy groups -OCH3 is 1. The maximum atomic E-state index is 12.4. The molecule has 0 radical (unpaired) electrons. The standard InChI is InChI=1S/C20H18N4O4/c1-28-17-9-5-3-6-13(17)16-10-11-19(26)24(23-16)12-18(25)22-15-8-4-2-7-14(15)20(21)27/h2-11H,12H2,1H3,(H2,21,27)(H,22,25). The molecule has 28 heavy (non-hydrogen) atoms. The fraction of sp³-hybridized carbons (Fsp3) is 0.100. The van der Waals surface area contributed by atoms with Crippen molar-refractivity contribution in [3.63, 3.8) is 0 Å². The Labute approximate surface area is 160 Å². The molecule has 3 aromatic rings. The van der Waals surface area contributed by atoms with E-state index in [0.717, 1.165) is 4.68 Å². The zero-order valence-electron chi connectivity index (χ0n) is 15.1. The summed E-state index contributed by atoms with van der Waals surface area (Å²) in [7, 11) is 1.54. The van der Waals surface area contributed by atoms with Crippen LogP contribution in [-0.4, -0.2) is 28.7 Å². The molecule has 1 aromatic heterocycles. The molecule has 0 fully saturated rings. The summed E-state index contributed by atoms with van der Waals surface area (Å²) in [6, 6.07) is 16.5. The number of benzene rings is 2. The van der Waals surface area contributed by atoms with Crippen molar-refractivity contribution in [3.05, 3.63) is 76.6 Å². The maximum Gasteiger partial charge on any atom is 0.267 e. The van der Waals surface area contributed by atoms with Crippen molar-refractivity contribution >= 4 is 17.5 Å². The van der Waals surface area contributed by atoms with Crippen LogP contribution in [0.2, 0.25) is 0 Å². The minimum Gasteiger partial charge on any atom is -0.496 e. The predicted molar refractivity (Wildman–Crippen MR) is 104 cm³/mol. The summed E-state index contributed by atoms with van der Waals surface area (Å²) in [4.78, 5) is 36.0. The third-order valence-electron chi connectivity index (χ3n) is 4.01. The highest BCUT2D eigenvalue weighted by Crippen LogP contribution is 2.27. The van der Waals surface area contributed by atoms with Crippen LogP contribution in [0.25, 0.3) is 11.3 Å². The van der Waals surface area contributed by atoms with Gasteiger partial charge in [0.15, 0.2) is 0 Å². The number of hydrogen-bond acceptors (Lipinski definition) is 5. The molecule has 8 nitrogen and oxygen atoms in total. The molecule has 0 unspecified atom stereocenters. The Kier molecular flexibility index (Phi) is 5.50. The van der Waals surface area contributed by atoms with Gasteiger partial charge in [0.2, 0.25) is 5.91 Å². The van der Waals surface area contributed by atoms with Crippen molar-refractivity contribution in [2.24, 2.45) is 5.73 Å². The summed E-state index contributed by atoms with van der Waals surface area (Å²) in [6.45, 7) is -0.324. The Hall–Kier alpha value is -3.94. The number of nitrogens with zero attached hydrogens (tertiary/aromatic N) is 2. The summed E-state index contributed by atoms with van der Waals surface area (Å²) in [5.41, 5.74) is 6.51. The van der Waals surface area contributed by atoms with Crippen molar-refractivity contribution in [3.8, 4) is 17.0 Å². The van der Waals surface area contributed by atoms with Gasteiger partial charge in [0, 0.05) is 11.6 Å². The third-order valence-corrected chi connectivity index (χ3v) is 4.01. The first-order valence-electron chi connectivity index (χ1n) is 8.40. The molecule has 0 aliphatic carbocycles. The Bertz CT molecular complexity index is 1090. The first kappa shape index (κ1) is 18.8. The number of aromatic nitrogens is 2. The van der Waals surface area contributed by atoms with Crippen molar-refractivity contribution in [1.29, 1.82) is 0 Å². The zero-order valence-corrected chi connectivity index (χ0v) is 15.1. The molecule has 3 rings (SSSR count). The molecule has 0 atom stereocenters. The summed E-state index contributed by atoms with van der Waals surface area (Å²) >= 11 is 0. The van der Waals surface area contributed by atoms with E-state index in [4.69, 9.17) is 10.5 Å². The number of carbonyl (C=O) groups excluding carboxylic acids is 2. The summed E-state index contributed by atoms with van der Waals surface area (Å²) in [6.07, 6.45) is 0.